The number of hydrogen-bond donors (Lipinski definition) is 0. The van der Waals surface area contributed by atoms with E-state index in [2.05, 4.69) is 41.4 Å². The Balaban J connectivity index is 1.27. The van der Waals surface area contributed by atoms with Gasteiger partial charge in [-0.05, 0) is 61.8 Å². The molecule has 1 aromatic carbocycles. The summed E-state index contributed by atoms with van der Waals surface area (Å²) in [7, 11) is 3.71. The molecule has 25 heavy (non-hydrogen) atoms. The summed E-state index contributed by atoms with van der Waals surface area (Å²) in [5, 5.41) is 0. The van der Waals surface area contributed by atoms with Crippen LogP contribution in [-0.2, 0) is 0 Å². The van der Waals surface area contributed by atoms with Crippen molar-refractivity contribution in [2.75, 3.05) is 0 Å². The lowest BCUT2D eigenvalue weighted by molar-refractivity contribution is 0.262. The summed E-state index contributed by atoms with van der Waals surface area (Å²) in [6.45, 7) is 2.19. The lowest BCUT2D eigenvalue weighted by Gasteiger charge is -2.30. The molecule has 2 aliphatic rings. The second-order valence-corrected chi connectivity index (χ2v) is 9.41. The van der Waals surface area contributed by atoms with Gasteiger partial charge in [-0.2, -0.15) is 0 Å². The lowest BCUT2D eigenvalue weighted by Crippen LogP contribution is -2.15. The van der Waals surface area contributed by atoms with E-state index in [4.69, 9.17) is 0 Å². The van der Waals surface area contributed by atoms with Crippen LogP contribution in [0.15, 0.2) is 24.3 Å². The molecule has 0 heterocycles. The normalized spacial score (nSPS) is 30.3. The first kappa shape index (κ1) is 19.2. The highest BCUT2D eigenvalue weighted by Gasteiger charge is 2.23. The van der Waals surface area contributed by atoms with Crippen LogP contribution in [0.5, 0.6) is 0 Å². The quantitative estimate of drug-likeness (QED) is 0.358. The molecule has 1 heteroatoms. The minimum atomic E-state index is 0.835. The van der Waals surface area contributed by atoms with Gasteiger partial charge in [-0.1, -0.05) is 87.2 Å². The SMILES string of the molecule is Cc1ccc(C2CCC(CCCCC3CCC(C[Si])CC3)CC2)cc1. The molecule has 0 amide bonds. The second-order valence-electron chi connectivity index (χ2n) is 9.00. The Kier molecular flexibility index (Phi) is 7.64. The van der Waals surface area contributed by atoms with E-state index >= 15 is 0 Å². The zero-order valence-electron chi connectivity index (χ0n) is 16.3. The fourth-order valence-corrected chi connectivity index (χ4v) is 5.62. The van der Waals surface area contributed by atoms with Gasteiger partial charge in [0.1, 0.15) is 0 Å². The van der Waals surface area contributed by atoms with Crippen molar-refractivity contribution >= 4 is 10.2 Å². The van der Waals surface area contributed by atoms with Gasteiger partial charge in [-0.25, -0.2) is 0 Å². The minimum Gasteiger partial charge on any atom is -0.0609 e. The topological polar surface area (TPSA) is 0 Å². The molecular formula is C24H37Si. The molecule has 0 unspecified atom stereocenters. The number of benzene rings is 1. The minimum absolute atomic E-state index is 0.835. The third-order valence-corrected chi connectivity index (χ3v) is 7.70. The Bertz CT molecular complexity index is 475. The summed E-state index contributed by atoms with van der Waals surface area (Å²) in [5.74, 6) is 3.87. The number of unbranched alkanes of at least 4 members (excludes halogenated alkanes) is 1. The molecule has 0 aliphatic heterocycles. The van der Waals surface area contributed by atoms with E-state index in [-0.39, 0.29) is 0 Å². The third-order valence-electron chi connectivity index (χ3n) is 7.13. The molecule has 1 aromatic rings. The van der Waals surface area contributed by atoms with Gasteiger partial charge >= 0.3 is 0 Å². The Hall–Kier alpha value is -0.563. The van der Waals surface area contributed by atoms with Crippen LogP contribution in [0.4, 0.5) is 0 Å². The van der Waals surface area contributed by atoms with E-state index in [1.165, 1.54) is 88.7 Å². The van der Waals surface area contributed by atoms with Crippen LogP contribution in [0.2, 0.25) is 6.04 Å². The van der Waals surface area contributed by atoms with E-state index in [1.54, 1.807) is 5.56 Å². The first-order valence-corrected chi connectivity index (χ1v) is 11.7. The van der Waals surface area contributed by atoms with E-state index in [1.807, 2.05) is 0 Å². The first-order chi connectivity index (χ1) is 12.2. The van der Waals surface area contributed by atoms with Crippen molar-refractivity contribution in [3.8, 4) is 0 Å². The van der Waals surface area contributed by atoms with Gasteiger partial charge in [-0.3, -0.25) is 0 Å². The maximum absolute atomic E-state index is 3.71. The molecule has 3 rings (SSSR count). The number of rotatable bonds is 7. The molecule has 2 saturated carbocycles. The third kappa shape index (κ3) is 5.98. The highest BCUT2D eigenvalue weighted by molar-refractivity contribution is 6.08. The van der Waals surface area contributed by atoms with E-state index in [0.717, 1.165) is 23.7 Å². The van der Waals surface area contributed by atoms with Crippen molar-refractivity contribution in [2.45, 2.75) is 95.9 Å². The molecule has 0 N–H and O–H groups in total. The maximum atomic E-state index is 3.71. The average molecular weight is 354 g/mol. The summed E-state index contributed by atoms with van der Waals surface area (Å²) in [4.78, 5) is 0. The molecule has 3 radical (unpaired) electrons. The largest absolute Gasteiger partial charge is 0.0609 e. The molecule has 0 spiro atoms. The van der Waals surface area contributed by atoms with E-state index in [9.17, 15) is 0 Å². The monoisotopic (exact) mass is 353 g/mol. The second kappa shape index (κ2) is 9.95. The van der Waals surface area contributed by atoms with Crippen molar-refractivity contribution in [3.05, 3.63) is 35.4 Å². The summed E-state index contributed by atoms with van der Waals surface area (Å²) in [5.41, 5.74) is 2.97. The van der Waals surface area contributed by atoms with Crippen molar-refractivity contribution in [1.82, 2.24) is 0 Å². The molecular weight excluding hydrogens is 316 g/mol. The van der Waals surface area contributed by atoms with Crippen LogP contribution < -0.4 is 0 Å². The van der Waals surface area contributed by atoms with Gasteiger partial charge in [0.25, 0.3) is 0 Å². The van der Waals surface area contributed by atoms with Crippen molar-refractivity contribution in [2.24, 2.45) is 17.8 Å². The summed E-state index contributed by atoms with van der Waals surface area (Å²) in [6.07, 6.45) is 17.7. The molecule has 0 atom stereocenters. The summed E-state index contributed by atoms with van der Waals surface area (Å²) < 4.78 is 0. The van der Waals surface area contributed by atoms with E-state index in [0.29, 0.717) is 0 Å². The highest BCUT2D eigenvalue weighted by Crippen LogP contribution is 2.38. The smallest absolute Gasteiger partial charge is 0.0225 e. The standard InChI is InChI=1S/C24H37Si/c1-19-6-14-23(15-7-19)24-16-12-21(13-17-24)5-3-2-4-20-8-10-22(18-25)11-9-20/h6-7,14-15,20-22,24H,2-5,8-13,16-18H2,1H3. The van der Waals surface area contributed by atoms with Gasteiger partial charge in [-0.15, -0.1) is 0 Å². The Morgan fingerprint density at radius 1 is 0.720 bits per heavy atom. The molecule has 0 nitrogen and oxygen atoms in total. The lowest BCUT2D eigenvalue weighted by atomic mass is 9.76. The van der Waals surface area contributed by atoms with Crippen LogP contribution in [0.3, 0.4) is 0 Å². The zero-order chi connectivity index (χ0) is 17.5. The van der Waals surface area contributed by atoms with Crippen LogP contribution >= 0.6 is 0 Å². The molecule has 0 saturated heterocycles. The van der Waals surface area contributed by atoms with Gasteiger partial charge in [0.05, 0.1) is 0 Å². The van der Waals surface area contributed by atoms with Crippen molar-refractivity contribution < 1.29 is 0 Å². The zero-order valence-corrected chi connectivity index (χ0v) is 17.3. The molecule has 0 aromatic heterocycles. The molecule has 0 bridgehead atoms. The summed E-state index contributed by atoms with van der Waals surface area (Å²) >= 11 is 0. The molecule has 137 valence electrons. The Labute approximate surface area is 159 Å². The Morgan fingerprint density at radius 2 is 1.20 bits per heavy atom. The predicted octanol–water partition coefficient (Wildman–Crippen LogP) is 7.22. The first-order valence-electron chi connectivity index (χ1n) is 11.0. The molecule has 2 aliphatic carbocycles. The highest BCUT2D eigenvalue weighted by atomic mass is 28.1. The predicted molar refractivity (Wildman–Crippen MR) is 110 cm³/mol. The van der Waals surface area contributed by atoms with Gasteiger partial charge < -0.3 is 0 Å². The average Bonchev–Trinajstić information content (AvgIpc) is 2.67. The molecule has 2 fully saturated rings. The van der Waals surface area contributed by atoms with Gasteiger partial charge in [0.2, 0.25) is 0 Å². The van der Waals surface area contributed by atoms with Crippen LogP contribution in [-0.4, -0.2) is 10.2 Å². The van der Waals surface area contributed by atoms with E-state index < -0.39 is 0 Å². The fourth-order valence-electron chi connectivity index (χ4n) is 5.21. The number of aryl methyl sites for hydroxylation is 1. The van der Waals surface area contributed by atoms with Crippen LogP contribution in [0.25, 0.3) is 0 Å². The Morgan fingerprint density at radius 3 is 1.72 bits per heavy atom. The number of hydrogen-bond acceptors (Lipinski definition) is 0. The van der Waals surface area contributed by atoms with Crippen molar-refractivity contribution in [1.29, 1.82) is 0 Å². The fraction of sp³-hybridized carbons (Fsp3) is 0.750. The maximum Gasteiger partial charge on any atom is 0.0225 e. The van der Waals surface area contributed by atoms with Gasteiger partial charge in [0.15, 0.2) is 0 Å². The van der Waals surface area contributed by atoms with Crippen LogP contribution in [0, 0.1) is 24.7 Å². The summed E-state index contributed by atoms with van der Waals surface area (Å²) in [6, 6.07) is 10.5. The van der Waals surface area contributed by atoms with Crippen LogP contribution in [0.1, 0.15) is 94.1 Å². The van der Waals surface area contributed by atoms with Crippen molar-refractivity contribution in [3.63, 3.8) is 0 Å². The van der Waals surface area contributed by atoms with Gasteiger partial charge in [0, 0.05) is 10.2 Å².